The molecular formula is C16H25N3O3S. The van der Waals surface area contributed by atoms with E-state index in [9.17, 15) is 8.42 Å². The smallest absolute Gasteiger partial charge is 0.211 e. The summed E-state index contributed by atoms with van der Waals surface area (Å²) in [6.45, 7) is 4.30. The number of sulfonamides is 1. The van der Waals surface area contributed by atoms with Crippen LogP contribution in [-0.4, -0.2) is 68.7 Å². The summed E-state index contributed by atoms with van der Waals surface area (Å²) in [5.41, 5.74) is 0.958. The molecule has 0 unspecified atom stereocenters. The molecule has 2 saturated heterocycles. The largest absolute Gasteiger partial charge is 0.375 e. The van der Waals surface area contributed by atoms with Crippen LogP contribution < -0.4 is 0 Å². The van der Waals surface area contributed by atoms with Crippen molar-refractivity contribution in [2.24, 2.45) is 11.3 Å². The Morgan fingerprint density at radius 3 is 2.87 bits per heavy atom. The molecule has 0 amide bonds. The predicted molar refractivity (Wildman–Crippen MR) is 88.3 cm³/mol. The molecule has 0 N–H and O–H groups in total. The van der Waals surface area contributed by atoms with Gasteiger partial charge in [0.05, 0.1) is 25.2 Å². The molecule has 0 saturated carbocycles. The van der Waals surface area contributed by atoms with Crippen LogP contribution in [-0.2, 0) is 21.4 Å². The molecule has 23 heavy (non-hydrogen) atoms. The molecule has 2 atom stereocenters. The number of pyridine rings is 1. The van der Waals surface area contributed by atoms with Crippen LogP contribution in [0.15, 0.2) is 24.4 Å². The highest BCUT2D eigenvalue weighted by atomic mass is 32.2. The molecule has 2 fully saturated rings. The first-order chi connectivity index (χ1) is 10.9. The van der Waals surface area contributed by atoms with Gasteiger partial charge in [0.25, 0.3) is 0 Å². The Kier molecular flexibility index (Phi) is 4.73. The first-order valence-corrected chi connectivity index (χ1v) is 9.85. The van der Waals surface area contributed by atoms with Crippen molar-refractivity contribution in [3.63, 3.8) is 0 Å². The summed E-state index contributed by atoms with van der Waals surface area (Å²) in [7, 11) is -1.01. The van der Waals surface area contributed by atoms with Crippen LogP contribution in [0.25, 0.3) is 0 Å². The van der Waals surface area contributed by atoms with Crippen LogP contribution in [0.4, 0.5) is 0 Å². The molecule has 0 aromatic carbocycles. The third kappa shape index (κ3) is 3.74. The van der Waals surface area contributed by atoms with Gasteiger partial charge in [0, 0.05) is 43.7 Å². The number of rotatable bonds is 5. The number of nitrogens with zero attached hydrogens (tertiary/aromatic N) is 3. The molecule has 3 rings (SSSR count). The van der Waals surface area contributed by atoms with Crippen molar-refractivity contribution in [2.75, 3.05) is 46.1 Å². The highest BCUT2D eigenvalue weighted by Gasteiger charge is 2.51. The van der Waals surface area contributed by atoms with Crippen LogP contribution in [0.5, 0.6) is 0 Å². The van der Waals surface area contributed by atoms with Crippen molar-refractivity contribution < 1.29 is 13.2 Å². The molecule has 3 heterocycles. The minimum Gasteiger partial charge on any atom is -0.375 e. The van der Waals surface area contributed by atoms with Crippen molar-refractivity contribution in [3.05, 3.63) is 30.1 Å². The maximum atomic E-state index is 11.8. The molecular weight excluding hydrogens is 314 g/mol. The number of ether oxygens (including phenoxy) is 1. The summed E-state index contributed by atoms with van der Waals surface area (Å²) < 4.78 is 31.2. The van der Waals surface area contributed by atoms with Crippen molar-refractivity contribution in [3.8, 4) is 0 Å². The van der Waals surface area contributed by atoms with E-state index in [4.69, 9.17) is 4.74 Å². The molecule has 1 aromatic heterocycles. The van der Waals surface area contributed by atoms with E-state index < -0.39 is 10.0 Å². The minimum atomic E-state index is -3.11. The highest BCUT2D eigenvalue weighted by molar-refractivity contribution is 7.88. The number of hydrogen-bond donors (Lipinski definition) is 0. The molecule has 7 heteroatoms. The number of hydrogen-bond acceptors (Lipinski definition) is 5. The summed E-state index contributed by atoms with van der Waals surface area (Å²) >= 11 is 0. The molecule has 128 valence electrons. The molecule has 2 aliphatic heterocycles. The van der Waals surface area contributed by atoms with E-state index in [0.717, 1.165) is 25.2 Å². The van der Waals surface area contributed by atoms with Crippen LogP contribution in [0.3, 0.4) is 0 Å². The summed E-state index contributed by atoms with van der Waals surface area (Å²) in [6.07, 6.45) is 3.99. The quantitative estimate of drug-likeness (QED) is 0.794. The molecule has 0 bridgehead atoms. The zero-order valence-electron chi connectivity index (χ0n) is 13.8. The summed E-state index contributed by atoms with van der Waals surface area (Å²) in [5, 5.41) is 0. The highest BCUT2D eigenvalue weighted by Crippen LogP contribution is 2.44. The fourth-order valence-electron chi connectivity index (χ4n) is 3.92. The standard InChI is InChI=1S/C16H25N3O3S/c1-18-9-14(10-22-11-15-5-3-4-7-17-15)16(12-18)6-8-19(13-16)23(2,20)21/h3-5,7,14H,6,8-13H2,1-2H3/t14-,16-/m0/s1. The van der Waals surface area contributed by atoms with Gasteiger partial charge in [-0.1, -0.05) is 6.07 Å². The van der Waals surface area contributed by atoms with Gasteiger partial charge in [0.2, 0.25) is 10.0 Å². The van der Waals surface area contributed by atoms with Gasteiger partial charge in [-0.05, 0) is 25.6 Å². The second-order valence-electron chi connectivity index (χ2n) is 6.94. The molecule has 2 aliphatic rings. The lowest BCUT2D eigenvalue weighted by molar-refractivity contribution is 0.0525. The lowest BCUT2D eigenvalue weighted by Crippen LogP contribution is -2.37. The third-order valence-corrected chi connectivity index (χ3v) is 6.35. The molecule has 0 radical (unpaired) electrons. The van der Waals surface area contributed by atoms with Crippen molar-refractivity contribution >= 4 is 10.0 Å². The van der Waals surface area contributed by atoms with Gasteiger partial charge in [-0.15, -0.1) is 0 Å². The maximum absolute atomic E-state index is 11.8. The number of likely N-dealkylation sites (tertiary alicyclic amines) is 1. The third-order valence-electron chi connectivity index (χ3n) is 5.10. The van der Waals surface area contributed by atoms with Gasteiger partial charge in [0.1, 0.15) is 0 Å². The monoisotopic (exact) mass is 339 g/mol. The Morgan fingerprint density at radius 2 is 2.22 bits per heavy atom. The SMILES string of the molecule is CN1C[C@@H](COCc2ccccn2)[C@@]2(CCN(S(C)(=O)=O)C2)C1. The van der Waals surface area contributed by atoms with Crippen LogP contribution in [0.2, 0.25) is 0 Å². The minimum absolute atomic E-state index is 0.0297. The summed E-state index contributed by atoms with van der Waals surface area (Å²) in [6, 6.07) is 5.80. The topological polar surface area (TPSA) is 62.7 Å². The van der Waals surface area contributed by atoms with Crippen LogP contribution >= 0.6 is 0 Å². The Balaban J connectivity index is 1.62. The second-order valence-corrected chi connectivity index (χ2v) is 8.92. The van der Waals surface area contributed by atoms with E-state index in [1.54, 1.807) is 10.5 Å². The van der Waals surface area contributed by atoms with Crippen LogP contribution in [0, 0.1) is 11.3 Å². The van der Waals surface area contributed by atoms with Gasteiger partial charge in [0.15, 0.2) is 0 Å². The van der Waals surface area contributed by atoms with Gasteiger partial charge < -0.3 is 9.64 Å². The Morgan fingerprint density at radius 1 is 1.39 bits per heavy atom. The summed E-state index contributed by atoms with van der Waals surface area (Å²) in [4.78, 5) is 6.56. The van der Waals surface area contributed by atoms with E-state index in [1.807, 2.05) is 18.2 Å². The van der Waals surface area contributed by atoms with Gasteiger partial charge in [-0.25, -0.2) is 12.7 Å². The van der Waals surface area contributed by atoms with E-state index >= 15 is 0 Å². The van der Waals surface area contributed by atoms with Gasteiger partial charge in [-0.3, -0.25) is 4.98 Å². The van der Waals surface area contributed by atoms with Crippen molar-refractivity contribution in [1.82, 2.24) is 14.2 Å². The molecule has 0 aliphatic carbocycles. The molecule has 6 nitrogen and oxygen atoms in total. The lowest BCUT2D eigenvalue weighted by Gasteiger charge is -2.30. The van der Waals surface area contributed by atoms with E-state index in [1.165, 1.54) is 6.26 Å². The fraction of sp³-hybridized carbons (Fsp3) is 0.688. The normalized spacial score (nSPS) is 29.6. The Labute approximate surface area is 138 Å². The molecule has 1 spiro atoms. The second kappa shape index (κ2) is 6.47. The Bertz CT molecular complexity index is 637. The maximum Gasteiger partial charge on any atom is 0.211 e. The molecule has 1 aromatic rings. The predicted octanol–water partition coefficient (Wildman–Crippen LogP) is 0.812. The van der Waals surface area contributed by atoms with E-state index in [2.05, 4.69) is 16.9 Å². The van der Waals surface area contributed by atoms with Gasteiger partial charge >= 0.3 is 0 Å². The lowest BCUT2D eigenvalue weighted by atomic mass is 9.78. The van der Waals surface area contributed by atoms with Crippen molar-refractivity contribution in [2.45, 2.75) is 13.0 Å². The van der Waals surface area contributed by atoms with Crippen LogP contribution in [0.1, 0.15) is 12.1 Å². The first-order valence-electron chi connectivity index (χ1n) is 8.00. The Hall–Kier alpha value is -1.02. The van der Waals surface area contributed by atoms with E-state index in [-0.39, 0.29) is 5.41 Å². The first kappa shape index (κ1) is 16.8. The fourth-order valence-corrected chi connectivity index (χ4v) is 4.84. The van der Waals surface area contributed by atoms with Crippen molar-refractivity contribution in [1.29, 1.82) is 0 Å². The summed E-state index contributed by atoms with van der Waals surface area (Å²) in [5.74, 6) is 0.364. The zero-order valence-corrected chi connectivity index (χ0v) is 14.6. The number of aromatic nitrogens is 1. The average molecular weight is 339 g/mol. The van der Waals surface area contributed by atoms with E-state index in [0.29, 0.717) is 32.2 Å². The zero-order chi connectivity index (χ0) is 16.5. The van der Waals surface area contributed by atoms with Gasteiger partial charge in [-0.2, -0.15) is 0 Å². The average Bonchev–Trinajstić information content (AvgIpc) is 3.05.